The Morgan fingerprint density at radius 3 is 2.41 bits per heavy atom. The van der Waals surface area contributed by atoms with Gasteiger partial charge in [-0.2, -0.15) is 4.31 Å². The number of hydrogen-bond donors (Lipinski definition) is 1. The number of nitrogens with zero attached hydrogens (tertiary/aromatic N) is 1. The summed E-state index contributed by atoms with van der Waals surface area (Å²) in [6, 6.07) is 10.4. The Morgan fingerprint density at radius 2 is 1.83 bits per heavy atom. The van der Waals surface area contributed by atoms with E-state index in [1.54, 1.807) is 30.3 Å². The van der Waals surface area contributed by atoms with Crippen LogP contribution in [0.15, 0.2) is 51.8 Å². The molecule has 1 amide bonds. The monoisotopic (exact) mass is 416 g/mol. The average molecular weight is 417 g/mol. The molecule has 0 unspecified atom stereocenters. The number of hydrogen-bond acceptors (Lipinski definition) is 4. The molecule has 0 radical (unpaired) electrons. The minimum atomic E-state index is -3.47. The van der Waals surface area contributed by atoms with E-state index in [0.717, 1.165) is 17.7 Å². The van der Waals surface area contributed by atoms with E-state index in [0.29, 0.717) is 37.2 Å². The van der Waals surface area contributed by atoms with Crippen LogP contribution in [-0.2, 0) is 21.4 Å². The highest BCUT2D eigenvalue weighted by Gasteiger charge is 2.36. The fourth-order valence-electron chi connectivity index (χ4n) is 3.27. The second-order valence-corrected chi connectivity index (χ2v) is 9.28. The van der Waals surface area contributed by atoms with E-state index < -0.39 is 10.0 Å². The molecule has 7 heteroatoms. The van der Waals surface area contributed by atoms with Crippen molar-refractivity contribution in [2.75, 3.05) is 13.1 Å². The van der Waals surface area contributed by atoms with Gasteiger partial charge in [-0.25, -0.2) is 8.42 Å². The molecule has 0 spiro atoms. The van der Waals surface area contributed by atoms with E-state index in [9.17, 15) is 13.2 Å². The Hall–Kier alpha value is -2.38. The van der Waals surface area contributed by atoms with E-state index in [4.69, 9.17) is 4.42 Å². The number of carbonyl (C=O) groups excluding carboxylic acids is 1. The third-order valence-corrected chi connectivity index (χ3v) is 7.32. The van der Waals surface area contributed by atoms with Gasteiger partial charge in [-0.05, 0) is 48.2 Å². The maximum Gasteiger partial charge on any atom is 0.244 e. The Morgan fingerprint density at radius 1 is 1.17 bits per heavy atom. The van der Waals surface area contributed by atoms with E-state index in [1.165, 1.54) is 10.4 Å². The number of furan rings is 1. The van der Waals surface area contributed by atoms with Crippen LogP contribution < -0.4 is 5.32 Å². The van der Waals surface area contributed by atoms with Gasteiger partial charge >= 0.3 is 0 Å². The largest absolute Gasteiger partial charge is 0.461 e. The van der Waals surface area contributed by atoms with Crippen molar-refractivity contribution in [1.82, 2.24) is 9.62 Å². The molecule has 6 nitrogen and oxygen atoms in total. The Balaban J connectivity index is 1.53. The van der Waals surface area contributed by atoms with Gasteiger partial charge in [-0.3, -0.25) is 4.79 Å². The molecule has 1 aromatic carbocycles. The van der Waals surface area contributed by atoms with Gasteiger partial charge in [-0.1, -0.05) is 32.9 Å². The zero-order valence-electron chi connectivity index (χ0n) is 17.1. The predicted octanol–water partition coefficient (Wildman–Crippen LogP) is 3.76. The van der Waals surface area contributed by atoms with Gasteiger partial charge in [0.15, 0.2) is 0 Å². The summed E-state index contributed by atoms with van der Waals surface area (Å²) < 4.78 is 32.2. The van der Waals surface area contributed by atoms with Gasteiger partial charge in [0, 0.05) is 31.6 Å². The average Bonchev–Trinajstić information content (AvgIpc) is 3.25. The minimum absolute atomic E-state index is 0.234. The second-order valence-electron chi connectivity index (χ2n) is 7.34. The first-order valence-electron chi connectivity index (χ1n) is 9.99. The Kier molecular flexibility index (Phi) is 6.59. The number of nitrogens with one attached hydrogen (secondary N) is 1. The molecule has 1 saturated carbocycles. The molecule has 1 aliphatic carbocycles. The smallest absolute Gasteiger partial charge is 0.244 e. The Labute approximate surface area is 172 Å². The lowest BCUT2D eigenvalue weighted by Gasteiger charge is -2.18. The molecule has 1 aliphatic rings. The molecule has 1 aromatic heterocycles. The van der Waals surface area contributed by atoms with Crippen LogP contribution in [0.4, 0.5) is 0 Å². The number of carbonyl (C=O) groups is 1. The minimum Gasteiger partial charge on any atom is -0.461 e. The zero-order valence-corrected chi connectivity index (χ0v) is 17.9. The normalized spacial score (nSPS) is 19.0. The van der Waals surface area contributed by atoms with Crippen LogP contribution in [0.2, 0.25) is 0 Å². The molecule has 2 atom stereocenters. The molecule has 2 aromatic rings. The van der Waals surface area contributed by atoms with Gasteiger partial charge in [0.1, 0.15) is 11.5 Å². The van der Waals surface area contributed by atoms with E-state index in [2.05, 4.69) is 12.2 Å². The van der Waals surface area contributed by atoms with Crippen molar-refractivity contribution >= 4 is 22.0 Å². The first kappa shape index (κ1) is 21.3. The molecule has 0 saturated heterocycles. The lowest BCUT2D eigenvalue weighted by Crippen LogP contribution is -2.30. The predicted molar refractivity (Wildman–Crippen MR) is 113 cm³/mol. The highest BCUT2D eigenvalue weighted by Crippen LogP contribution is 2.47. The molecule has 0 bridgehead atoms. The third-order valence-electron chi connectivity index (χ3n) is 5.25. The summed E-state index contributed by atoms with van der Waals surface area (Å²) in [5, 5.41) is 2.79. The second kappa shape index (κ2) is 8.97. The molecular formula is C22H28N2O4S. The lowest BCUT2D eigenvalue weighted by atomic mass is 10.2. The standard InChI is InChI=1S/C22H28N2O4S/c1-4-24(5-2)29(26,27)19-10-6-17(7-11-19)15-23-22(25)13-9-18-8-12-21(28-18)20-14-16(20)3/h6-13,16,20H,4-5,14-15H2,1-3H3,(H,23,25)/b13-9+/t16-,20+/m0/s1. The maximum atomic E-state index is 12.5. The fourth-order valence-corrected chi connectivity index (χ4v) is 4.73. The Bertz CT molecular complexity index is 972. The van der Waals surface area contributed by atoms with Gasteiger partial charge in [-0.15, -0.1) is 0 Å². The molecular weight excluding hydrogens is 388 g/mol. The van der Waals surface area contributed by atoms with Crippen molar-refractivity contribution in [1.29, 1.82) is 0 Å². The summed E-state index contributed by atoms with van der Waals surface area (Å²) in [4.78, 5) is 12.3. The number of sulfonamides is 1. The molecule has 1 N–H and O–H groups in total. The van der Waals surface area contributed by atoms with Gasteiger partial charge < -0.3 is 9.73 Å². The number of rotatable bonds is 9. The van der Waals surface area contributed by atoms with Crippen LogP contribution in [-0.4, -0.2) is 31.7 Å². The van der Waals surface area contributed by atoms with Crippen molar-refractivity contribution in [3.05, 3.63) is 59.6 Å². The van der Waals surface area contributed by atoms with Gasteiger partial charge in [0.25, 0.3) is 0 Å². The van der Waals surface area contributed by atoms with Crippen molar-refractivity contribution in [3.8, 4) is 0 Å². The van der Waals surface area contributed by atoms with E-state index in [-0.39, 0.29) is 10.8 Å². The highest BCUT2D eigenvalue weighted by atomic mass is 32.2. The zero-order chi connectivity index (χ0) is 21.0. The maximum absolute atomic E-state index is 12.5. The summed E-state index contributed by atoms with van der Waals surface area (Å²) in [5.74, 6) is 2.61. The lowest BCUT2D eigenvalue weighted by molar-refractivity contribution is -0.116. The first-order chi connectivity index (χ1) is 13.8. The summed E-state index contributed by atoms with van der Waals surface area (Å²) >= 11 is 0. The van der Waals surface area contributed by atoms with Crippen LogP contribution in [0, 0.1) is 5.92 Å². The third kappa shape index (κ3) is 5.16. The SMILES string of the molecule is CCN(CC)S(=O)(=O)c1ccc(CNC(=O)/C=C/c2ccc([C@@H]3C[C@@H]3C)o2)cc1. The highest BCUT2D eigenvalue weighted by molar-refractivity contribution is 7.89. The molecule has 0 aliphatic heterocycles. The number of amides is 1. The summed E-state index contributed by atoms with van der Waals surface area (Å²) in [6.45, 7) is 7.00. The fraction of sp³-hybridized carbons (Fsp3) is 0.409. The molecule has 1 heterocycles. The van der Waals surface area contributed by atoms with E-state index in [1.807, 2.05) is 26.0 Å². The molecule has 3 rings (SSSR count). The van der Waals surface area contributed by atoms with Gasteiger partial charge in [0.2, 0.25) is 15.9 Å². The summed E-state index contributed by atoms with van der Waals surface area (Å²) in [5.41, 5.74) is 0.827. The molecule has 1 fully saturated rings. The first-order valence-corrected chi connectivity index (χ1v) is 11.4. The molecule has 29 heavy (non-hydrogen) atoms. The van der Waals surface area contributed by atoms with Crippen LogP contribution >= 0.6 is 0 Å². The van der Waals surface area contributed by atoms with E-state index >= 15 is 0 Å². The summed E-state index contributed by atoms with van der Waals surface area (Å²) in [6.07, 6.45) is 4.26. The summed E-state index contributed by atoms with van der Waals surface area (Å²) in [7, 11) is -3.47. The van der Waals surface area contributed by atoms with Crippen molar-refractivity contribution < 1.29 is 17.6 Å². The molecule has 156 valence electrons. The van der Waals surface area contributed by atoms with Crippen LogP contribution in [0.1, 0.15) is 50.2 Å². The van der Waals surface area contributed by atoms with Crippen LogP contribution in [0.3, 0.4) is 0 Å². The van der Waals surface area contributed by atoms with Crippen molar-refractivity contribution in [3.63, 3.8) is 0 Å². The van der Waals surface area contributed by atoms with Crippen molar-refractivity contribution in [2.45, 2.75) is 44.6 Å². The van der Waals surface area contributed by atoms with Gasteiger partial charge in [0.05, 0.1) is 4.90 Å². The van der Waals surface area contributed by atoms with Crippen molar-refractivity contribution in [2.24, 2.45) is 5.92 Å². The number of benzene rings is 1. The van der Waals surface area contributed by atoms with Crippen LogP contribution in [0.25, 0.3) is 6.08 Å². The quantitative estimate of drug-likeness (QED) is 0.631. The topological polar surface area (TPSA) is 79.6 Å². The van der Waals surface area contributed by atoms with Crippen LogP contribution in [0.5, 0.6) is 0 Å².